The summed E-state index contributed by atoms with van der Waals surface area (Å²) in [6.45, 7) is 0.619. The molecule has 0 saturated heterocycles. The average molecular weight is 665 g/mol. The lowest BCUT2D eigenvalue weighted by Gasteiger charge is -2.07. The number of methoxy groups -OCH3 is 1. The number of nitrogens with zero attached hydrogens (tertiary/aromatic N) is 11. The lowest BCUT2D eigenvalue weighted by atomic mass is 10.2. The van der Waals surface area contributed by atoms with Crippen LogP contribution in [0.4, 0.5) is 22.0 Å². The number of furan rings is 1. The van der Waals surface area contributed by atoms with Crippen molar-refractivity contribution in [2.24, 2.45) is 0 Å². The Morgan fingerprint density at radius 3 is 2.23 bits per heavy atom. The number of thiazole rings is 1. The van der Waals surface area contributed by atoms with Gasteiger partial charge in [-0.3, -0.25) is 4.98 Å². The normalized spacial score (nSPS) is 11.1. The molecule has 8 rings (SSSR count). The van der Waals surface area contributed by atoms with Crippen LogP contribution in [0.25, 0.3) is 44.4 Å². The molecule has 16 nitrogen and oxygen atoms in total. The van der Waals surface area contributed by atoms with Crippen LogP contribution in [0.1, 0.15) is 11.1 Å². The maximum Gasteiger partial charge on any atom is 0.222 e. The van der Waals surface area contributed by atoms with E-state index in [1.165, 1.54) is 35.5 Å². The molecule has 6 heterocycles. The van der Waals surface area contributed by atoms with Gasteiger partial charge in [0.25, 0.3) is 0 Å². The molecule has 0 fully saturated rings. The summed E-state index contributed by atoms with van der Waals surface area (Å²) in [6, 6.07) is 15.6. The first-order chi connectivity index (χ1) is 23.4. The quantitative estimate of drug-likeness (QED) is 0.206. The summed E-state index contributed by atoms with van der Waals surface area (Å²) in [5.41, 5.74) is 24.4. The van der Waals surface area contributed by atoms with E-state index in [1.54, 1.807) is 40.7 Å². The Labute approximate surface area is 274 Å². The van der Waals surface area contributed by atoms with Crippen LogP contribution in [0.15, 0.2) is 77.0 Å². The zero-order valence-corrected chi connectivity index (χ0v) is 25.9. The predicted octanol–water partition coefficient (Wildman–Crippen LogP) is 3.82. The molecule has 0 saturated carbocycles. The highest BCUT2D eigenvalue weighted by Gasteiger charge is 2.19. The number of aromatic nitrogens is 11. The van der Waals surface area contributed by atoms with Gasteiger partial charge >= 0.3 is 0 Å². The third kappa shape index (κ3) is 6.01. The topological polar surface area (TPSA) is 226 Å². The van der Waals surface area contributed by atoms with E-state index in [9.17, 15) is 4.39 Å². The van der Waals surface area contributed by atoms with Crippen LogP contribution in [0.5, 0.6) is 5.75 Å². The molecule has 6 N–H and O–H groups in total. The molecule has 0 unspecified atom stereocenters. The first-order valence-corrected chi connectivity index (χ1v) is 15.1. The van der Waals surface area contributed by atoms with Crippen molar-refractivity contribution in [1.82, 2.24) is 54.9 Å². The van der Waals surface area contributed by atoms with Gasteiger partial charge in [-0.15, -0.1) is 21.5 Å². The Morgan fingerprint density at radius 2 is 1.56 bits per heavy atom. The maximum absolute atomic E-state index is 14.1. The second kappa shape index (κ2) is 12.7. The largest absolute Gasteiger partial charge is 0.497 e. The Hall–Kier alpha value is -6.56. The van der Waals surface area contributed by atoms with Crippen LogP contribution >= 0.6 is 11.3 Å². The highest BCUT2D eigenvalue weighted by Crippen LogP contribution is 2.29. The number of ether oxygens (including phenoxy) is 1. The highest BCUT2D eigenvalue weighted by molar-refractivity contribution is 7.13. The molecule has 0 spiro atoms. The van der Waals surface area contributed by atoms with E-state index in [2.05, 4.69) is 45.5 Å². The summed E-state index contributed by atoms with van der Waals surface area (Å²) in [5, 5.41) is 16.6. The van der Waals surface area contributed by atoms with Crippen LogP contribution in [0, 0.1) is 5.82 Å². The molecule has 48 heavy (non-hydrogen) atoms. The fraction of sp³-hybridized carbons (Fsp3) is 0.100. The van der Waals surface area contributed by atoms with E-state index >= 15 is 0 Å². The summed E-state index contributed by atoms with van der Waals surface area (Å²) < 4.78 is 27.7. The SMILES string of the molecule is COc1ccc(F)c(Cn2nnc3c(-c4ccco4)nc(N)nc32)c1.Nc1cccc(Cn2nnc3c(-c4cncs4)nc(N)nc32)c1. The van der Waals surface area contributed by atoms with Crippen LogP contribution in [-0.4, -0.2) is 62.0 Å². The van der Waals surface area contributed by atoms with E-state index < -0.39 is 0 Å². The Bertz CT molecular complexity index is 2360. The minimum atomic E-state index is -0.377. The number of hydrogen-bond acceptors (Lipinski definition) is 15. The molecular weight excluding hydrogens is 639 g/mol. The number of anilines is 3. The van der Waals surface area contributed by atoms with Gasteiger partial charge in [-0.25, -0.2) is 23.7 Å². The number of hydrogen-bond donors (Lipinski definition) is 3. The smallest absolute Gasteiger partial charge is 0.222 e. The number of nitrogen functional groups attached to an aromatic ring is 3. The van der Waals surface area contributed by atoms with Gasteiger partial charge in [0.15, 0.2) is 28.1 Å². The van der Waals surface area contributed by atoms with Crippen molar-refractivity contribution < 1.29 is 13.5 Å². The molecule has 8 aromatic rings. The van der Waals surface area contributed by atoms with Crippen molar-refractivity contribution in [2.75, 3.05) is 24.3 Å². The van der Waals surface area contributed by atoms with Gasteiger partial charge in [0, 0.05) is 17.4 Å². The maximum atomic E-state index is 14.1. The molecule has 0 radical (unpaired) electrons. The van der Waals surface area contributed by atoms with Gasteiger partial charge < -0.3 is 26.4 Å². The fourth-order valence-corrected chi connectivity index (χ4v) is 5.48. The molecule has 240 valence electrons. The van der Waals surface area contributed by atoms with E-state index in [0.29, 0.717) is 63.0 Å². The molecular formula is C30H25FN14O2S. The number of fused-ring (bicyclic) bond motifs is 2. The summed E-state index contributed by atoms with van der Waals surface area (Å²) in [4.78, 5) is 21.9. The van der Waals surface area contributed by atoms with Crippen LogP contribution in [0.3, 0.4) is 0 Å². The summed E-state index contributed by atoms with van der Waals surface area (Å²) in [7, 11) is 1.52. The number of nitrogens with two attached hydrogens (primary N) is 3. The van der Waals surface area contributed by atoms with E-state index in [4.69, 9.17) is 26.4 Å². The lowest BCUT2D eigenvalue weighted by Crippen LogP contribution is -2.06. The zero-order valence-electron chi connectivity index (χ0n) is 25.1. The van der Waals surface area contributed by atoms with Gasteiger partial charge in [0.05, 0.1) is 36.9 Å². The van der Waals surface area contributed by atoms with Crippen LogP contribution in [0.2, 0.25) is 0 Å². The van der Waals surface area contributed by atoms with Crippen LogP contribution < -0.4 is 21.9 Å². The molecule has 0 bridgehead atoms. The first kappa shape index (κ1) is 30.1. The van der Waals surface area contributed by atoms with Gasteiger partial charge in [-0.05, 0) is 48.0 Å². The minimum absolute atomic E-state index is 0.0496. The van der Waals surface area contributed by atoms with Crippen LogP contribution in [-0.2, 0) is 13.1 Å². The highest BCUT2D eigenvalue weighted by atomic mass is 32.1. The molecule has 0 aliphatic rings. The molecule has 6 aromatic heterocycles. The number of halogens is 1. The predicted molar refractivity (Wildman–Crippen MR) is 176 cm³/mol. The lowest BCUT2D eigenvalue weighted by molar-refractivity contribution is 0.412. The van der Waals surface area contributed by atoms with E-state index in [1.807, 2.05) is 24.3 Å². The molecule has 2 aromatic carbocycles. The van der Waals surface area contributed by atoms with Crippen molar-refractivity contribution in [3.05, 3.63) is 89.5 Å². The standard InChI is InChI=1S/C16H13FN6O2.C14H12N8S/c1-24-10-4-5-11(17)9(7-10)8-23-15-14(21-22-23)13(19-16(18)20-15)12-3-2-6-25-12;15-9-3-1-2-8(4-9)6-22-13-12(20-21-22)11(18-14(16)19-13)10-5-17-7-23-10/h2-7H,8H2,1H3,(H2,18,19,20);1-5,7H,6,15H2,(H2,16,18,19). The Balaban J connectivity index is 0.000000152. The second-order valence-corrected chi connectivity index (χ2v) is 11.1. The van der Waals surface area contributed by atoms with Gasteiger partial charge in [0.1, 0.15) is 23.0 Å². The third-order valence-electron chi connectivity index (χ3n) is 7.04. The molecule has 0 atom stereocenters. The molecule has 0 aliphatic heterocycles. The number of rotatable bonds is 7. The van der Waals surface area contributed by atoms with Crippen molar-refractivity contribution in [1.29, 1.82) is 0 Å². The second-order valence-electron chi connectivity index (χ2n) is 10.2. The first-order valence-electron chi connectivity index (χ1n) is 14.2. The molecule has 0 amide bonds. The van der Waals surface area contributed by atoms with Gasteiger partial charge in [0.2, 0.25) is 11.9 Å². The summed E-state index contributed by atoms with van der Waals surface area (Å²) in [5.74, 6) is 0.897. The fourth-order valence-electron chi connectivity index (χ4n) is 4.87. The van der Waals surface area contributed by atoms with Gasteiger partial charge in [-0.2, -0.15) is 9.97 Å². The average Bonchev–Trinajstić information content (AvgIpc) is 3.91. The molecule has 0 aliphatic carbocycles. The Kier molecular flexibility index (Phi) is 7.95. The third-order valence-corrected chi connectivity index (χ3v) is 7.82. The zero-order chi connectivity index (χ0) is 33.2. The summed E-state index contributed by atoms with van der Waals surface area (Å²) >= 11 is 1.46. The van der Waals surface area contributed by atoms with Crippen molar-refractivity contribution in [3.8, 4) is 27.8 Å². The monoisotopic (exact) mass is 664 g/mol. The van der Waals surface area contributed by atoms with E-state index in [0.717, 1.165) is 10.4 Å². The van der Waals surface area contributed by atoms with Gasteiger partial charge in [-0.1, -0.05) is 22.6 Å². The minimum Gasteiger partial charge on any atom is -0.497 e. The molecule has 18 heteroatoms. The van der Waals surface area contributed by atoms with E-state index in [-0.39, 0.29) is 24.3 Å². The summed E-state index contributed by atoms with van der Waals surface area (Å²) in [6.07, 6.45) is 3.25. The van der Waals surface area contributed by atoms with Crippen molar-refractivity contribution in [3.63, 3.8) is 0 Å². The van der Waals surface area contributed by atoms with Crippen molar-refractivity contribution in [2.45, 2.75) is 13.1 Å². The Morgan fingerprint density at radius 1 is 0.833 bits per heavy atom. The van der Waals surface area contributed by atoms with Crippen molar-refractivity contribution >= 4 is 51.2 Å². The number of benzene rings is 2.